The van der Waals surface area contributed by atoms with Crippen molar-refractivity contribution in [3.8, 4) is 0 Å². The highest BCUT2D eigenvalue weighted by atomic mass is 32.1. The summed E-state index contributed by atoms with van der Waals surface area (Å²) >= 11 is 5.29. The van der Waals surface area contributed by atoms with E-state index in [1.54, 1.807) is 50.5 Å². The monoisotopic (exact) mass is 345 g/mol. The minimum Gasteiger partial charge on any atom is -0.356 e. The molecule has 126 valence electrons. The minimum atomic E-state index is -0.265. The number of carbonyl (C=O) groups excluding carboxylic acids is 1. The Labute approximate surface area is 146 Å². The summed E-state index contributed by atoms with van der Waals surface area (Å²) in [6.07, 6.45) is 0. The Morgan fingerprint density at radius 3 is 2.21 bits per heavy atom. The van der Waals surface area contributed by atoms with Crippen LogP contribution in [-0.2, 0) is 0 Å². The minimum absolute atomic E-state index is 0.0489. The van der Waals surface area contributed by atoms with Gasteiger partial charge in [-0.3, -0.25) is 4.79 Å². The molecule has 2 N–H and O–H groups in total. The first kappa shape index (κ1) is 17.9. The van der Waals surface area contributed by atoms with E-state index >= 15 is 0 Å². The Hall–Kier alpha value is -2.47. The van der Waals surface area contributed by atoms with Gasteiger partial charge in [0.05, 0.1) is 6.04 Å². The number of benzene rings is 2. The van der Waals surface area contributed by atoms with Gasteiger partial charge in [-0.15, -0.1) is 0 Å². The van der Waals surface area contributed by atoms with Crippen molar-refractivity contribution in [1.82, 2.24) is 10.2 Å². The first-order valence-corrected chi connectivity index (χ1v) is 7.92. The molecule has 2 aromatic carbocycles. The molecule has 0 heterocycles. The van der Waals surface area contributed by atoms with E-state index < -0.39 is 0 Å². The highest BCUT2D eigenvalue weighted by Gasteiger charge is 2.09. The average Bonchev–Trinajstić information content (AvgIpc) is 2.55. The second-order valence-electron chi connectivity index (χ2n) is 5.65. The van der Waals surface area contributed by atoms with Gasteiger partial charge in [-0.1, -0.05) is 12.1 Å². The zero-order valence-electron chi connectivity index (χ0n) is 13.8. The molecule has 0 aliphatic carbocycles. The molecule has 24 heavy (non-hydrogen) atoms. The van der Waals surface area contributed by atoms with E-state index in [9.17, 15) is 9.18 Å². The van der Waals surface area contributed by atoms with Crippen molar-refractivity contribution in [2.75, 3.05) is 19.4 Å². The average molecular weight is 345 g/mol. The lowest BCUT2D eigenvalue weighted by molar-refractivity contribution is 0.0827. The molecule has 0 saturated carbocycles. The molecule has 6 heteroatoms. The predicted octanol–water partition coefficient (Wildman–Crippen LogP) is 3.58. The van der Waals surface area contributed by atoms with Crippen LogP contribution in [0.15, 0.2) is 48.5 Å². The largest absolute Gasteiger partial charge is 0.356 e. The fourth-order valence-electron chi connectivity index (χ4n) is 2.15. The van der Waals surface area contributed by atoms with Gasteiger partial charge in [0.15, 0.2) is 5.11 Å². The SMILES string of the molecule is C[C@H](NC(=S)Nc1ccc(C(=O)N(C)C)cc1)c1ccc(F)cc1. The molecule has 0 fully saturated rings. The van der Waals surface area contributed by atoms with E-state index in [1.165, 1.54) is 17.0 Å². The normalized spacial score (nSPS) is 11.5. The Balaban J connectivity index is 1.94. The van der Waals surface area contributed by atoms with Gasteiger partial charge in [-0.05, 0) is 61.1 Å². The van der Waals surface area contributed by atoms with Gasteiger partial charge in [0.1, 0.15) is 5.82 Å². The van der Waals surface area contributed by atoms with E-state index in [2.05, 4.69) is 10.6 Å². The number of hydrogen-bond acceptors (Lipinski definition) is 2. The quantitative estimate of drug-likeness (QED) is 0.832. The molecule has 0 saturated heterocycles. The highest BCUT2D eigenvalue weighted by molar-refractivity contribution is 7.80. The van der Waals surface area contributed by atoms with Gasteiger partial charge in [-0.2, -0.15) is 0 Å². The van der Waals surface area contributed by atoms with Crippen molar-refractivity contribution < 1.29 is 9.18 Å². The van der Waals surface area contributed by atoms with Gasteiger partial charge in [0, 0.05) is 25.3 Å². The Morgan fingerprint density at radius 1 is 1.08 bits per heavy atom. The Kier molecular flexibility index (Phi) is 5.87. The first-order chi connectivity index (χ1) is 11.4. The van der Waals surface area contributed by atoms with Crippen LogP contribution in [0, 0.1) is 5.82 Å². The van der Waals surface area contributed by atoms with Crippen molar-refractivity contribution in [3.05, 3.63) is 65.5 Å². The lowest BCUT2D eigenvalue weighted by Crippen LogP contribution is -2.30. The summed E-state index contributed by atoms with van der Waals surface area (Å²) < 4.78 is 13.0. The van der Waals surface area contributed by atoms with Crippen molar-refractivity contribution in [2.45, 2.75) is 13.0 Å². The van der Waals surface area contributed by atoms with Crippen molar-refractivity contribution in [3.63, 3.8) is 0 Å². The molecule has 2 rings (SSSR count). The van der Waals surface area contributed by atoms with Crippen molar-refractivity contribution >= 4 is 28.9 Å². The molecular weight excluding hydrogens is 325 g/mol. The van der Waals surface area contributed by atoms with Crippen LogP contribution < -0.4 is 10.6 Å². The van der Waals surface area contributed by atoms with Gasteiger partial charge >= 0.3 is 0 Å². The fourth-order valence-corrected chi connectivity index (χ4v) is 2.45. The molecule has 4 nitrogen and oxygen atoms in total. The number of hydrogen-bond donors (Lipinski definition) is 2. The molecular formula is C18H20FN3OS. The number of rotatable bonds is 4. The number of anilines is 1. The molecule has 1 amide bonds. The van der Waals surface area contributed by atoms with Gasteiger partial charge < -0.3 is 15.5 Å². The number of carbonyl (C=O) groups is 1. The topological polar surface area (TPSA) is 44.4 Å². The zero-order valence-corrected chi connectivity index (χ0v) is 14.7. The second kappa shape index (κ2) is 7.88. The van der Waals surface area contributed by atoms with Crippen LogP contribution in [0.4, 0.5) is 10.1 Å². The standard InChI is InChI=1S/C18H20FN3OS/c1-12(13-4-8-15(19)9-5-13)20-18(24)21-16-10-6-14(7-11-16)17(23)22(2)3/h4-12H,1-3H3,(H2,20,21,24)/t12-/m0/s1. The molecule has 0 aromatic heterocycles. The van der Waals surface area contributed by atoms with Gasteiger partial charge in [0.2, 0.25) is 0 Å². The van der Waals surface area contributed by atoms with Gasteiger partial charge in [-0.25, -0.2) is 4.39 Å². The number of thiocarbonyl (C=S) groups is 1. The second-order valence-corrected chi connectivity index (χ2v) is 6.06. The number of amides is 1. The van der Waals surface area contributed by atoms with E-state index in [0.29, 0.717) is 10.7 Å². The third-order valence-electron chi connectivity index (χ3n) is 3.51. The maximum absolute atomic E-state index is 13.0. The van der Waals surface area contributed by atoms with Crippen LogP contribution in [0.5, 0.6) is 0 Å². The van der Waals surface area contributed by atoms with Gasteiger partial charge in [0.25, 0.3) is 5.91 Å². The van der Waals surface area contributed by atoms with E-state index in [-0.39, 0.29) is 17.8 Å². The summed E-state index contributed by atoms with van der Waals surface area (Å²) in [4.78, 5) is 13.4. The van der Waals surface area contributed by atoms with Crippen LogP contribution in [0.1, 0.15) is 28.9 Å². The van der Waals surface area contributed by atoms with E-state index in [1.807, 2.05) is 6.92 Å². The van der Waals surface area contributed by atoms with Crippen molar-refractivity contribution in [1.29, 1.82) is 0 Å². The summed E-state index contributed by atoms with van der Waals surface area (Å²) in [7, 11) is 3.43. The fraction of sp³-hybridized carbons (Fsp3) is 0.222. The smallest absolute Gasteiger partial charge is 0.253 e. The third kappa shape index (κ3) is 4.76. The maximum Gasteiger partial charge on any atom is 0.253 e. The molecule has 0 spiro atoms. The molecule has 0 bridgehead atoms. The number of halogens is 1. The Morgan fingerprint density at radius 2 is 1.67 bits per heavy atom. The summed E-state index contributed by atoms with van der Waals surface area (Å²) in [5, 5.41) is 6.67. The molecule has 2 aromatic rings. The lowest BCUT2D eigenvalue weighted by Gasteiger charge is -2.17. The molecule has 0 aliphatic heterocycles. The molecule has 0 unspecified atom stereocenters. The highest BCUT2D eigenvalue weighted by Crippen LogP contribution is 2.14. The maximum atomic E-state index is 13.0. The molecule has 1 atom stereocenters. The summed E-state index contributed by atoms with van der Waals surface area (Å²) in [5.74, 6) is -0.314. The summed E-state index contributed by atoms with van der Waals surface area (Å²) in [5.41, 5.74) is 2.34. The van der Waals surface area contributed by atoms with Crippen LogP contribution in [0.3, 0.4) is 0 Å². The van der Waals surface area contributed by atoms with E-state index in [4.69, 9.17) is 12.2 Å². The molecule has 0 aliphatic rings. The third-order valence-corrected chi connectivity index (χ3v) is 3.73. The first-order valence-electron chi connectivity index (χ1n) is 7.51. The lowest BCUT2D eigenvalue weighted by atomic mass is 10.1. The van der Waals surface area contributed by atoms with E-state index in [0.717, 1.165) is 11.3 Å². The zero-order chi connectivity index (χ0) is 17.7. The summed E-state index contributed by atoms with van der Waals surface area (Å²) in [6, 6.07) is 13.3. The van der Waals surface area contributed by atoms with Crippen molar-refractivity contribution in [2.24, 2.45) is 0 Å². The number of nitrogens with zero attached hydrogens (tertiary/aromatic N) is 1. The molecule has 0 radical (unpaired) electrons. The predicted molar refractivity (Wildman–Crippen MR) is 98.6 cm³/mol. The number of nitrogens with one attached hydrogen (secondary N) is 2. The van der Waals surface area contributed by atoms with Crippen LogP contribution in [-0.4, -0.2) is 30.0 Å². The van der Waals surface area contributed by atoms with Crippen LogP contribution in [0.2, 0.25) is 0 Å². The Bertz CT molecular complexity index is 714. The van der Waals surface area contributed by atoms with Crippen LogP contribution >= 0.6 is 12.2 Å². The van der Waals surface area contributed by atoms with Crippen LogP contribution in [0.25, 0.3) is 0 Å². The summed E-state index contributed by atoms with van der Waals surface area (Å²) in [6.45, 7) is 1.94.